The van der Waals surface area contributed by atoms with E-state index in [1.807, 2.05) is 24.1 Å². The molecule has 4 heteroatoms. The molecule has 0 spiro atoms. The fraction of sp³-hybridized carbons (Fsp3) is 0.533. The van der Waals surface area contributed by atoms with Crippen molar-refractivity contribution in [2.24, 2.45) is 5.41 Å². The molecule has 4 nitrogen and oxygen atoms in total. The molecule has 19 heavy (non-hydrogen) atoms. The number of benzene rings is 1. The second-order valence-electron chi connectivity index (χ2n) is 5.30. The number of ether oxygens (including phenoxy) is 1. The van der Waals surface area contributed by atoms with E-state index in [-0.39, 0.29) is 0 Å². The second kappa shape index (κ2) is 5.11. The van der Waals surface area contributed by atoms with Crippen LogP contribution in [-0.2, 0) is 11.2 Å². The molecule has 1 N–H and O–H groups in total. The van der Waals surface area contributed by atoms with Crippen LogP contribution >= 0.6 is 0 Å². The average molecular weight is 263 g/mol. The Morgan fingerprint density at radius 3 is 2.63 bits per heavy atom. The molecule has 1 fully saturated rings. The van der Waals surface area contributed by atoms with Crippen LogP contribution in [0.3, 0.4) is 0 Å². The molecule has 1 aliphatic carbocycles. The average Bonchev–Trinajstić information content (AvgIpc) is 3.18. The summed E-state index contributed by atoms with van der Waals surface area (Å²) >= 11 is 0. The molecule has 1 saturated carbocycles. The minimum atomic E-state index is -0.690. The third-order valence-corrected chi connectivity index (χ3v) is 3.91. The van der Waals surface area contributed by atoms with E-state index in [1.165, 1.54) is 5.56 Å². The molecule has 1 aliphatic rings. The van der Waals surface area contributed by atoms with Crippen LogP contribution in [0.15, 0.2) is 18.2 Å². The van der Waals surface area contributed by atoms with E-state index in [9.17, 15) is 9.90 Å². The molecule has 1 aromatic carbocycles. The van der Waals surface area contributed by atoms with Gasteiger partial charge in [-0.05, 0) is 37.0 Å². The summed E-state index contributed by atoms with van der Waals surface area (Å²) in [5.74, 6) is 0.103. The summed E-state index contributed by atoms with van der Waals surface area (Å²) in [6.45, 7) is 2.64. The minimum absolute atomic E-state index is 0.534. The number of rotatable bonds is 6. The molecule has 0 atom stereocenters. The van der Waals surface area contributed by atoms with Gasteiger partial charge in [-0.1, -0.05) is 13.0 Å². The van der Waals surface area contributed by atoms with E-state index in [2.05, 4.69) is 13.0 Å². The summed E-state index contributed by atoms with van der Waals surface area (Å²) in [6, 6.07) is 6.07. The number of aliphatic carboxylic acids is 1. The van der Waals surface area contributed by atoms with E-state index in [0.29, 0.717) is 6.54 Å². The molecule has 1 aromatic rings. The third-order valence-electron chi connectivity index (χ3n) is 3.91. The number of hydrogen-bond donors (Lipinski definition) is 1. The largest absolute Gasteiger partial charge is 0.495 e. The zero-order valence-electron chi connectivity index (χ0n) is 11.8. The van der Waals surface area contributed by atoms with Gasteiger partial charge in [0.15, 0.2) is 0 Å². The molecule has 0 unspecified atom stereocenters. The molecule has 0 amide bonds. The van der Waals surface area contributed by atoms with E-state index in [1.54, 1.807) is 7.11 Å². The normalized spacial score (nSPS) is 15.9. The first-order chi connectivity index (χ1) is 9.02. The summed E-state index contributed by atoms with van der Waals surface area (Å²) in [5, 5.41) is 9.27. The van der Waals surface area contributed by atoms with Crippen molar-refractivity contribution in [2.45, 2.75) is 26.2 Å². The number of methoxy groups -OCH3 is 1. The standard InChI is InChI=1S/C15H21NO3/c1-4-11-5-6-13(19-3)12(9-11)16(2)10-15(7-8-15)14(17)18/h5-6,9H,4,7-8,10H2,1-3H3,(H,17,18). The quantitative estimate of drug-likeness (QED) is 0.857. The highest BCUT2D eigenvalue weighted by atomic mass is 16.5. The van der Waals surface area contributed by atoms with Crippen LogP contribution in [0, 0.1) is 5.41 Å². The zero-order chi connectivity index (χ0) is 14.0. The fourth-order valence-corrected chi connectivity index (χ4v) is 2.38. The highest BCUT2D eigenvalue weighted by molar-refractivity contribution is 5.79. The predicted molar refractivity (Wildman–Crippen MR) is 74.9 cm³/mol. The van der Waals surface area contributed by atoms with E-state index in [0.717, 1.165) is 30.7 Å². The topological polar surface area (TPSA) is 49.8 Å². The van der Waals surface area contributed by atoms with E-state index >= 15 is 0 Å². The smallest absolute Gasteiger partial charge is 0.311 e. The molecule has 0 saturated heterocycles. The van der Waals surface area contributed by atoms with Crippen LogP contribution in [0.5, 0.6) is 5.75 Å². The third kappa shape index (κ3) is 2.67. The summed E-state index contributed by atoms with van der Waals surface area (Å²) in [5.41, 5.74) is 1.64. The zero-order valence-corrected chi connectivity index (χ0v) is 11.8. The van der Waals surface area contributed by atoms with Crippen molar-refractivity contribution in [3.05, 3.63) is 23.8 Å². The van der Waals surface area contributed by atoms with Crippen molar-refractivity contribution in [1.29, 1.82) is 0 Å². The Hall–Kier alpha value is -1.71. The maximum atomic E-state index is 11.3. The number of anilines is 1. The van der Waals surface area contributed by atoms with Gasteiger partial charge in [0.25, 0.3) is 0 Å². The number of aryl methyl sites for hydroxylation is 1. The van der Waals surface area contributed by atoms with Gasteiger partial charge in [0, 0.05) is 13.6 Å². The van der Waals surface area contributed by atoms with Crippen LogP contribution < -0.4 is 9.64 Å². The van der Waals surface area contributed by atoms with Gasteiger partial charge in [0.1, 0.15) is 5.75 Å². The number of carbonyl (C=O) groups is 1. The summed E-state index contributed by atoms with van der Waals surface area (Å²) < 4.78 is 5.37. The van der Waals surface area contributed by atoms with Crippen LogP contribution in [0.1, 0.15) is 25.3 Å². The molecule has 0 heterocycles. The lowest BCUT2D eigenvalue weighted by molar-refractivity contribution is -0.142. The first-order valence-electron chi connectivity index (χ1n) is 6.64. The minimum Gasteiger partial charge on any atom is -0.495 e. The summed E-state index contributed by atoms with van der Waals surface area (Å²) in [4.78, 5) is 13.3. The SMILES string of the molecule is CCc1ccc(OC)c(N(C)CC2(C(=O)O)CC2)c1. The van der Waals surface area contributed by atoms with Gasteiger partial charge in [-0.15, -0.1) is 0 Å². The highest BCUT2D eigenvalue weighted by Gasteiger charge is 2.51. The predicted octanol–water partition coefficient (Wildman–Crippen LogP) is 2.56. The molecule has 0 bridgehead atoms. The van der Waals surface area contributed by atoms with E-state index < -0.39 is 11.4 Å². The lowest BCUT2D eigenvalue weighted by Crippen LogP contribution is -2.32. The molecular weight excluding hydrogens is 242 g/mol. The summed E-state index contributed by atoms with van der Waals surface area (Å²) in [6.07, 6.45) is 2.49. The molecule has 0 aliphatic heterocycles. The maximum Gasteiger partial charge on any atom is 0.311 e. The summed E-state index contributed by atoms with van der Waals surface area (Å²) in [7, 11) is 3.57. The van der Waals surface area contributed by atoms with Crippen LogP contribution in [-0.4, -0.2) is 31.8 Å². The maximum absolute atomic E-state index is 11.3. The fourth-order valence-electron chi connectivity index (χ4n) is 2.38. The highest BCUT2D eigenvalue weighted by Crippen LogP contribution is 2.47. The Labute approximate surface area is 114 Å². The van der Waals surface area contributed by atoms with Gasteiger partial charge in [0.2, 0.25) is 0 Å². The monoisotopic (exact) mass is 263 g/mol. The Bertz CT molecular complexity index is 480. The van der Waals surface area contributed by atoms with Crippen molar-refractivity contribution in [1.82, 2.24) is 0 Å². The number of hydrogen-bond acceptors (Lipinski definition) is 3. The van der Waals surface area contributed by atoms with Crippen molar-refractivity contribution in [3.8, 4) is 5.75 Å². The van der Waals surface area contributed by atoms with Crippen LogP contribution in [0.2, 0.25) is 0 Å². The van der Waals surface area contributed by atoms with Crippen molar-refractivity contribution in [2.75, 3.05) is 25.6 Å². The van der Waals surface area contributed by atoms with E-state index in [4.69, 9.17) is 4.74 Å². The lowest BCUT2D eigenvalue weighted by Gasteiger charge is -2.25. The Morgan fingerprint density at radius 2 is 2.16 bits per heavy atom. The van der Waals surface area contributed by atoms with Crippen LogP contribution in [0.25, 0.3) is 0 Å². The second-order valence-corrected chi connectivity index (χ2v) is 5.30. The van der Waals surface area contributed by atoms with Crippen molar-refractivity contribution >= 4 is 11.7 Å². The Kier molecular flexibility index (Phi) is 3.69. The number of carboxylic acid groups (broad SMARTS) is 1. The molecule has 0 aromatic heterocycles. The van der Waals surface area contributed by atoms with Gasteiger partial charge >= 0.3 is 5.97 Å². The van der Waals surface area contributed by atoms with Gasteiger partial charge < -0.3 is 14.7 Å². The molecule has 2 rings (SSSR count). The first kappa shape index (κ1) is 13.7. The Morgan fingerprint density at radius 1 is 1.47 bits per heavy atom. The lowest BCUT2D eigenvalue weighted by atomic mass is 10.1. The van der Waals surface area contributed by atoms with Gasteiger partial charge in [-0.3, -0.25) is 4.79 Å². The molecular formula is C15H21NO3. The van der Waals surface area contributed by atoms with Gasteiger partial charge in [-0.2, -0.15) is 0 Å². The number of nitrogens with zero attached hydrogens (tertiary/aromatic N) is 1. The molecule has 0 radical (unpaired) electrons. The van der Waals surface area contributed by atoms with Crippen molar-refractivity contribution in [3.63, 3.8) is 0 Å². The Balaban J connectivity index is 2.22. The van der Waals surface area contributed by atoms with Gasteiger partial charge in [-0.25, -0.2) is 0 Å². The number of carboxylic acids is 1. The van der Waals surface area contributed by atoms with Gasteiger partial charge in [0.05, 0.1) is 18.2 Å². The van der Waals surface area contributed by atoms with Crippen molar-refractivity contribution < 1.29 is 14.6 Å². The first-order valence-corrected chi connectivity index (χ1v) is 6.64. The molecule has 104 valence electrons. The van der Waals surface area contributed by atoms with Crippen LogP contribution in [0.4, 0.5) is 5.69 Å².